The summed E-state index contributed by atoms with van der Waals surface area (Å²) in [7, 11) is -6.95. The van der Waals surface area contributed by atoms with E-state index in [1.807, 2.05) is 6.92 Å². The Kier molecular flexibility index (Phi) is 4.07. The fourth-order valence-electron chi connectivity index (χ4n) is 2.92. The maximum atomic E-state index is 12.8. The second kappa shape index (κ2) is 5.62. The summed E-state index contributed by atoms with van der Waals surface area (Å²) in [4.78, 5) is 0.217. The Morgan fingerprint density at radius 2 is 1.77 bits per heavy atom. The predicted molar refractivity (Wildman–Crippen MR) is 85.4 cm³/mol. The van der Waals surface area contributed by atoms with Crippen LogP contribution in [0.4, 0.5) is 0 Å². The monoisotopic (exact) mass is 343 g/mol. The molecular weight excluding hydrogens is 322 g/mol. The second-order valence-corrected chi connectivity index (χ2v) is 10.5. The maximum absolute atomic E-state index is 12.8. The highest BCUT2D eigenvalue weighted by Crippen LogP contribution is 2.29. The lowest BCUT2D eigenvalue weighted by molar-refractivity contribution is 0.524. The summed E-state index contributed by atoms with van der Waals surface area (Å²) in [6.45, 7) is 2.00. The fraction of sp³-hybridized carbons (Fsp3) is 0.600. The normalized spacial score (nSPS) is 27.9. The van der Waals surface area contributed by atoms with Gasteiger partial charge < -0.3 is 5.32 Å². The lowest BCUT2D eigenvalue weighted by atomic mass is 10.2. The van der Waals surface area contributed by atoms with Gasteiger partial charge in [-0.25, -0.2) is 16.8 Å². The molecule has 2 atom stereocenters. The van der Waals surface area contributed by atoms with Gasteiger partial charge in [0.2, 0.25) is 0 Å². The van der Waals surface area contributed by atoms with Crippen molar-refractivity contribution in [1.82, 2.24) is 5.32 Å². The minimum absolute atomic E-state index is 0.0829. The molecule has 5 nitrogen and oxygen atoms in total. The van der Waals surface area contributed by atoms with Gasteiger partial charge in [-0.1, -0.05) is 19.1 Å². The molecule has 3 rings (SSSR count). The van der Waals surface area contributed by atoms with E-state index in [-0.39, 0.29) is 22.4 Å². The number of sulfone groups is 2. The van der Waals surface area contributed by atoms with E-state index in [1.165, 1.54) is 0 Å². The average molecular weight is 343 g/mol. The molecule has 1 aliphatic carbocycles. The predicted octanol–water partition coefficient (Wildman–Crippen LogP) is 0.940. The zero-order valence-corrected chi connectivity index (χ0v) is 14.2. The van der Waals surface area contributed by atoms with Crippen LogP contribution in [-0.4, -0.2) is 45.7 Å². The van der Waals surface area contributed by atoms with Crippen molar-refractivity contribution in [2.24, 2.45) is 0 Å². The van der Waals surface area contributed by atoms with Crippen molar-refractivity contribution in [3.8, 4) is 0 Å². The first-order chi connectivity index (χ1) is 10.3. The van der Waals surface area contributed by atoms with Crippen LogP contribution in [0.2, 0.25) is 0 Å². The van der Waals surface area contributed by atoms with Crippen LogP contribution in [-0.2, 0) is 26.1 Å². The third-order valence-electron chi connectivity index (χ3n) is 4.39. The third kappa shape index (κ3) is 3.21. The van der Waals surface area contributed by atoms with Crippen molar-refractivity contribution in [3.05, 3.63) is 29.8 Å². The van der Waals surface area contributed by atoms with Gasteiger partial charge in [0.1, 0.15) is 0 Å². The lowest BCUT2D eigenvalue weighted by Gasteiger charge is -2.20. The van der Waals surface area contributed by atoms with Crippen molar-refractivity contribution in [2.75, 3.05) is 11.5 Å². The number of nitrogens with one attached hydrogen (secondary N) is 1. The summed E-state index contributed by atoms with van der Waals surface area (Å²) in [5.41, 5.74) is 1.06. The molecule has 1 aromatic carbocycles. The molecule has 2 aliphatic rings. The summed E-state index contributed by atoms with van der Waals surface area (Å²) >= 11 is 0. The Bertz CT molecular complexity index is 749. The Balaban J connectivity index is 1.90. The summed E-state index contributed by atoms with van der Waals surface area (Å²) in [5, 5.41) is 2.31. The van der Waals surface area contributed by atoms with Crippen LogP contribution in [0.1, 0.15) is 25.3 Å². The summed E-state index contributed by atoms with van der Waals surface area (Å²) in [5.74, 6) is -0.365. The van der Waals surface area contributed by atoms with Gasteiger partial charge in [0.25, 0.3) is 0 Å². The molecule has 122 valence electrons. The number of aryl methyl sites for hydroxylation is 1. The van der Waals surface area contributed by atoms with Crippen LogP contribution in [0.3, 0.4) is 0 Å². The highest BCUT2D eigenvalue weighted by atomic mass is 32.2. The number of hydrogen-bond donors (Lipinski definition) is 1. The van der Waals surface area contributed by atoms with E-state index in [4.69, 9.17) is 0 Å². The molecule has 1 saturated heterocycles. The van der Waals surface area contributed by atoms with E-state index in [2.05, 4.69) is 5.32 Å². The van der Waals surface area contributed by atoms with E-state index in [0.717, 1.165) is 24.8 Å². The highest BCUT2D eigenvalue weighted by Gasteiger charge is 2.47. The molecule has 0 radical (unpaired) electrons. The first-order valence-corrected chi connectivity index (χ1v) is 11.0. The first-order valence-electron chi connectivity index (χ1n) is 7.61. The zero-order valence-electron chi connectivity index (χ0n) is 12.5. The van der Waals surface area contributed by atoms with E-state index in [0.29, 0.717) is 0 Å². The van der Waals surface area contributed by atoms with Crippen molar-refractivity contribution >= 4 is 19.7 Å². The van der Waals surface area contributed by atoms with Crippen molar-refractivity contribution in [1.29, 1.82) is 0 Å². The molecule has 1 saturated carbocycles. The van der Waals surface area contributed by atoms with Gasteiger partial charge in [0.05, 0.1) is 21.7 Å². The van der Waals surface area contributed by atoms with E-state index < -0.39 is 31.0 Å². The Hall–Kier alpha value is -0.920. The number of hydrogen-bond acceptors (Lipinski definition) is 5. The Morgan fingerprint density at radius 1 is 1.14 bits per heavy atom. The zero-order chi connectivity index (χ0) is 16.0. The largest absolute Gasteiger partial charge is 0.309 e. The summed E-state index contributed by atoms with van der Waals surface area (Å²) < 4.78 is 49.5. The average Bonchev–Trinajstić information content (AvgIpc) is 3.22. The van der Waals surface area contributed by atoms with Crippen LogP contribution < -0.4 is 5.32 Å². The molecule has 1 aliphatic heterocycles. The molecule has 1 heterocycles. The van der Waals surface area contributed by atoms with E-state index in [9.17, 15) is 16.8 Å². The van der Waals surface area contributed by atoms with E-state index >= 15 is 0 Å². The minimum Gasteiger partial charge on any atom is -0.309 e. The van der Waals surface area contributed by atoms with Crippen LogP contribution in [0.15, 0.2) is 29.2 Å². The number of benzene rings is 1. The first kappa shape index (κ1) is 16.0. The smallest absolute Gasteiger partial charge is 0.183 e. The molecule has 0 aromatic heterocycles. The van der Waals surface area contributed by atoms with Gasteiger partial charge in [0.15, 0.2) is 19.7 Å². The summed E-state index contributed by atoms with van der Waals surface area (Å²) in [6, 6.07) is 6.55. The van der Waals surface area contributed by atoms with Crippen molar-refractivity contribution in [3.63, 3.8) is 0 Å². The molecular formula is C15H21NO4S2. The Morgan fingerprint density at radius 3 is 2.32 bits per heavy atom. The van der Waals surface area contributed by atoms with Gasteiger partial charge in [-0.3, -0.25) is 0 Å². The van der Waals surface area contributed by atoms with Gasteiger partial charge in [-0.2, -0.15) is 0 Å². The molecule has 2 fully saturated rings. The van der Waals surface area contributed by atoms with Crippen LogP contribution >= 0.6 is 0 Å². The van der Waals surface area contributed by atoms with Gasteiger partial charge in [-0.05, 0) is 37.0 Å². The van der Waals surface area contributed by atoms with Gasteiger partial charge in [-0.15, -0.1) is 0 Å². The molecule has 1 N–H and O–H groups in total. The maximum Gasteiger partial charge on any atom is 0.183 e. The molecule has 0 spiro atoms. The molecule has 0 bridgehead atoms. The van der Waals surface area contributed by atoms with Crippen LogP contribution in [0, 0.1) is 0 Å². The van der Waals surface area contributed by atoms with E-state index in [1.54, 1.807) is 24.3 Å². The van der Waals surface area contributed by atoms with Crippen molar-refractivity contribution in [2.45, 2.75) is 48.4 Å². The topological polar surface area (TPSA) is 80.3 Å². The standard InChI is InChI=1S/C15H21NO4S2/c1-2-11-3-7-13(8-4-11)22(19,20)15-10-21(17,18)9-14(15)16-12-5-6-12/h3-4,7-8,12,14-16H,2,5-6,9-10H2,1H3/t14-,15-/m0/s1. The Labute approximate surface area is 132 Å². The van der Waals surface area contributed by atoms with Gasteiger partial charge >= 0.3 is 0 Å². The van der Waals surface area contributed by atoms with Gasteiger partial charge in [0, 0.05) is 12.1 Å². The van der Waals surface area contributed by atoms with Crippen molar-refractivity contribution < 1.29 is 16.8 Å². The summed E-state index contributed by atoms with van der Waals surface area (Å²) in [6.07, 6.45) is 2.83. The molecule has 22 heavy (non-hydrogen) atoms. The van der Waals surface area contributed by atoms with Crippen LogP contribution in [0.25, 0.3) is 0 Å². The lowest BCUT2D eigenvalue weighted by Crippen LogP contribution is -2.44. The number of rotatable bonds is 5. The van der Waals surface area contributed by atoms with Crippen LogP contribution in [0.5, 0.6) is 0 Å². The highest BCUT2D eigenvalue weighted by molar-refractivity contribution is 7.96. The molecule has 0 unspecified atom stereocenters. The third-order valence-corrected chi connectivity index (χ3v) is 8.55. The molecule has 0 amide bonds. The molecule has 1 aromatic rings. The fourth-order valence-corrected chi connectivity index (χ4v) is 7.60. The molecule has 7 heteroatoms. The second-order valence-electron chi connectivity index (χ2n) is 6.21. The minimum atomic E-state index is -3.64. The quantitative estimate of drug-likeness (QED) is 0.861. The SMILES string of the molecule is CCc1ccc(S(=O)(=O)[C@H]2CS(=O)(=O)C[C@@H]2NC2CC2)cc1.